The third kappa shape index (κ3) is 4.67. The molecular weight excluding hydrogens is 284 g/mol. The van der Waals surface area contributed by atoms with Gasteiger partial charge in [0.1, 0.15) is 0 Å². The molecule has 0 saturated carbocycles. The van der Waals surface area contributed by atoms with Crippen LogP contribution in [0.2, 0.25) is 0 Å². The molecule has 5 amide bonds. The van der Waals surface area contributed by atoms with Crippen LogP contribution < -0.4 is 10.6 Å². The molecule has 2 N–H and O–H groups in total. The second-order valence-corrected chi connectivity index (χ2v) is 3.88. The van der Waals surface area contributed by atoms with Gasteiger partial charge in [-0.3, -0.25) is 25.5 Å². The van der Waals surface area contributed by atoms with Gasteiger partial charge < -0.3 is 9.64 Å². The molecule has 1 saturated heterocycles. The molecule has 106 valence electrons. The average Bonchev–Trinajstić information content (AvgIpc) is 2.38. The van der Waals surface area contributed by atoms with Crippen molar-refractivity contribution in [1.82, 2.24) is 15.5 Å². The van der Waals surface area contributed by atoms with Crippen molar-refractivity contribution in [2.75, 3.05) is 26.3 Å². The summed E-state index contributed by atoms with van der Waals surface area (Å²) >= 11 is 5.09. The van der Waals surface area contributed by atoms with E-state index in [4.69, 9.17) is 16.3 Å². The molecule has 0 aromatic rings. The molecule has 1 fully saturated rings. The molecule has 0 radical (unpaired) electrons. The third-order valence-corrected chi connectivity index (χ3v) is 2.51. The summed E-state index contributed by atoms with van der Waals surface area (Å²) in [5.74, 6) is -1.32. The maximum atomic E-state index is 11.5. The van der Waals surface area contributed by atoms with E-state index in [1.165, 1.54) is 4.90 Å². The zero-order valence-corrected chi connectivity index (χ0v) is 10.4. The highest BCUT2D eigenvalue weighted by atomic mass is 35.5. The van der Waals surface area contributed by atoms with Crippen molar-refractivity contribution in [2.24, 2.45) is 0 Å². The molecule has 0 bridgehead atoms. The van der Waals surface area contributed by atoms with Crippen LogP contribution in [0.3, 0.4) is 0 Å². The SMILES string of the molecule is O=C(NC(=O)C(Cl)[N+](=O)[O-])NC(=O)N1CCOCC1. The van der Waals surface area contributed by atoms with E-state index in [0.29, 0.717) is 26.3 Å². The summed E-state index contributed by atoms with van der Waals surface area (Å²) in [6, 6.07) is -1.89. The lowest BCUT2D eigenvalue weighted by Gasteiger charge is -2.26. The highest BCUT2D eigenvalue weighted by Crippen LogP contribution is 1.98. The lowest BCUT2D eigenvalue weighted by Crippen LogP contribution is -2.52. The average molecular weight is 295 g/mol. The maximum absolute atomic E-state index is 11.5. The number of carbonyl (C=O) groups is 3. The van der Waals surface area contributed by atoms with Gasteiger partial charge in [0.2, 0.25) is 0 Å². The van der Waals surface area contributed by atoms with Gasteiger partial charge in [-0.1, -0.05) is 0 Å². The Balaban J connectivity index is 2.40. The molecule has 1 aliphatic rings. The van der Waals surface area contributed by atoms with Gasteiger partial charge in [0, 0.05) is 18.0 Å². The zero-order valence-electron chi connectivity index (χ0n) is 9.63. The van der Waals surface area contributed by atoms with Crippen LogP contribution in [0.4, 0.5) is 9.59 Å². The minimum atomic E-state index is -2.09. The normalized spacial score (nSPS) is 16.4. The summed E-state index contributed by atoms with van der Waals surface area (Å²) in [4.78, 5) is 44.2. The second-order valence-electron chi connectivity index (χ2n) is 3.47. The number of rotatable bonds is 2. The van der Waals surface area contributed by atoms with Crippen LogP contribution >= 0.6 is 11.6 Å². The van der Waals surface area contributed by atoms with Crippen LogP contribution in [0.1, 0.15) is 0 Å². The van der Waals surface area contributed by atoms with Crippen molar-refractivity contribution in [3.63, 3.8) is 0 Å². The third-order valence-electron chi connectivity index (χ3n) is 2.16. The minimum absolute atomic E-state index is 0.306. The molecule has 11 heteroatoms. The first kappa shape index (κ1) is 15.1. The number of alkyl halides is 1. The van der Waals surface area contributed by atoms with E-state index in [1.54, 1.807) is 5.32 Å². The highest BCUT2D eigenvalue weighted by Gasteiger charge is 2.29. The lowest BCUT2D eigenvalue weighted by atomic mass is 10.4. The van der Waals surface area contributed by atoms with Crippen LogP contribution in [-0.4, -0.2) is 59.6 Å². The van der Waals surface area contributed by atoms with Gasteiger partial charge in [-0.05, 0) is 11.6 Å². The van der Waals surface area contributed by atoms with Crippen LogP contribution in [-0.2, 0) is 9.53 Å². The Morgan fingerprint density at radius 3 is 2.37 bits per heavy atom. The van der Waals surface area contributed by atoms with Crippen molar-refractivity contribution in [3.8, 4) is 0 Å². The molecule has 1 rings (SSSR count). The van der Waals surface area contributed by atoms with Crippen molar-refractivity contribution in [3.05, 3.63) is 10.1 Å². The number of ether oxygens (including phenoxy) is 1. The van der Waals surface area contributed by atoms with E-state index >= 15 is 0 Å². The summed E-state index contributed by atoms with van der Waals surface area (Å²) in [6.07, 6.45) is 0. The molecule has 1 atom stereocenters. The van der Waals surface area contributed by atoms with Gasteiger partial charge in [0.05, 0.1) is 13.2 Å². The van der Waals surface area contributed by atoms with Crippen LogP contribution in [0.25, 0.3) is 0 Å². The summed E-state index contributed by atoms with van der Waals surface area (Å²) in [6.45, 7) is 1.30. The van der Waals surface area contributed by atoms with E-state index in [0.717, 1.165) is 0 Å². The number of nitrogens with zero attached hydrogens (tertiary/aromatic N) is 2. The molecule has 0 aromatic carbocycles. The number of nitro groups is 1. The number of amides is 5. The Morgan fingerprint density at radius 1 is 1.26 bits per heavy atom. The molecule has 19 heavy (non-hydrogen) atoms. The second kappa shape index (κ2) is 6.85. The number of imide groups is 2. The number of halogens is 1. The molecule has 1 unspecified atom stereocenters. The summed E-state index contributed by atoms with van der Waals surface area (Å²) < 4.78 is 5.01. The van der Waals surface area contributed by atoms with Crippen LogP contribution in [0, 0.1) is 10.1 Å². The molecule has 0 aliphatic carbocycles. The summed E-state index contributed by atoms with van der Waals surface area (Å²) in [5, 5.41) is 13.6. The molecule has 1 heterocycles. The number of hydrogen-bond acceptors (Lipinski definition) is 6. The number of nitrogens with one attached hydrogen (secondary N) is 2. The number of hydrogen-bond donors (Lipinski definition) is 2. The van der Waals surface area contributed by atoms with Crippen molar-refractivity contribution < 1.29 is 24.0 Å². The minimum Gasteiger partial charge on any atom is -0.378 e. The zero-order chi connectivity index (χ0) is 14.4. The fraction of sp³-hybridized carbons (Fsp3) is 0.625. The molecule has 10 nitrogen and oxygen atoms in total. The van der Waals surface area contributed by atoms with Crippen LogP contribution in [0.15, 0.2) is 0 Å². The Labute approximate surface area is 112 Å². The quantitative estimate of drug-likeness (QED) is 0.294. The van der Waals surface area contributed by atoms with Gasteiger partial charge in [-0.2, -0.15) is 0 Å². The van der Waals surface area contributed by atoms with Gasteiger partial charge in [-0.25, -0.2) is 9.59 Å². The largest absolute Gasteiger partial charge is 0.378 e. The van der Waals surface area contributed by atoms with E-state index < -0.39 is 28.4 Å². The summed E-state index contributed by atoms with van der Waals surface area (Å²) in [7, 11) is 0. The lowest BCUT2D eigenvalue weighted by molar-refractivity contribution is -0.484. The van der Waals surface area contributed by atoms with E-state index in [9.17, 15) is 24.5 Å². The van der Waals surface area contributed by atoms with E-state index in [-0.39, 0.29) is 0 Å². The molecule has 0 spiro atoms. The van der Waals surface area contributed by atoms with E-state index in [1.807, 2.05) is 5.32 Å². The fourth-order valence-electron chi connectivity index (χ4n) is 1.24. The van der Waals surface area contributed by atoms with Crippen LogP contribution in [0.5, 0.6) is 0 Å². The van der Waals surface area contributed by atoms with Gasteiger partial charge in [0.25, 0.3) is 0 Å². The number of urea groups is 2. The topological polar surface area (TPSA) is 131 Å². The summed E-state index contributed by atoms with van der Waals surface area (Å²) in [5.41, 5.74) is -2.09. The standard InChI is InChI=1S/C8H11ClN4O6/c9-5(13(17)18)6(14)10-7(15)11-8(16)12-1-3-19-4-2-12/h5H,1-4H2,(H2,10,11,14,15,16). The van der Waals surface area contributed by atoms with Gasteiger partial charge >= 0.3 is 23.5 Å². The maximum Gasteiger partial charge on any atom is 0.363 e. The fourth-order valence-corrected chi connectivity index (χ4v) is 1.30. The van der Waals surface area contributed by atoms with Gasteiger partial charge in [-0.15, -0.1) is 0 Å². The molecular formula is C8H11ClN4O6. The Morgan fingerprint density at radius 2 is 1.84 bits per heavy atom. The first-order chi connectivity index (χ1) is 8.91. The molecule has 0 aromatic heterocycles. The molecule has 1 aliphatic heterocycles. The van der Waals surface area contributed by atoms with Gasteiger partial charge in [0.15, 0.2) is 0 Å². The Bertz CT molecular complexity index is 397. The first-order valence-corrected chi connectivity index (χ1v) is 5.61. The monoisotopic (exact) mass is 294 g/mol. The van der Waals surface area contributed by atoms with Crippen molar-refractivity contribution in [1.29, 1.82) is 0 Å². The smallest absolute Gasteiger partial charge is 0.363 e. The predicted octanol–water partition coefficient (Wildman–Crippen LogP) is -0.894. The van der Waals surface area contributed by atoms with Crippen molar-refractivity contribution >= 4 is 29.6 Å². The first-order valence-electron chi connectivity index (χ1n) is 5.18. The highest BCUT2D eigenvalue weighted by molar-refractivity contribution is 6.30. The Kier molecular flexibility index (Phi) is 5.45. The van der Waals surface area contributed by atoms with Crippen molar-refractivity contribution in [2.45, 2.75) is 5.50 Å². The number of carbonyl (C=O) groups excluding carboxylic acids is 3. The predicted molar refractivity (Wildman–Crippen MR) is 61.1 cm³/mol. The Hall–Kier alpha value is -1.94. The number of morpholine rings is 1. The van der Waals surface area contributed by atoms with E-state index in [2.05, 4.69) is 0 Å².